The standard InChI is InChI=1S/C18H24O/c1-4-13(2)14(3)15-5-7-16(8-6-15)17-9-11-18(19)12-10-17/h5-9,11,13-14,19H,4,10,12H2,1-3H3. The molecular formula is C18H24O. The van der Waals surface area contributed by atoms with Crippen molar-refractivity contribution in [3.8, 4) is 0 Å². The van der Waals surface area contributed by atoms with Crippen molar-refractivity contribution in [1.82, 2.24) is 0 Å². The number of aliphatic hydroxyl groups excluding tert-OH is 1. The quantitative estimate of drug-likeness (QED) is 0.759. The molecule has 0 spiro atoms. The van der Waals surface area contributed by atoms with E-state index >= 15 is 0 Å². The van der Waals surface area contributed by atoms with Crippen LogP contribution in [0.15, 0.2) is 42.2 Å². The highest BCUT2D eigenvalue weighted by Crippen LogP contribution is 2.30. The Morgan fingerprint density at radius 2 is 1.74 bits per heavy atom. The fraction of sp³-hybridized carbons (Fsp3) is 0.444. The lowest BCUT2D eigenvalue weighted by Crippen LogP contribution is -2.05. The fourth-order valence-corrected chi connectivity index (χ4v) is 2.55. The van der Waals surface area contributed by atoms with Gasteiger partial charge in [0, 0.05) is 6.42 Å². The van der Waals surface area contributed by atoms with Gasteiger partial charge in [-0.2, -0.15) is 0 Å². The fourth-order valence-electron chi connectivity index (χ4n) is 2.55. The first-order valence-corrected chi connectivity index (χ1v) is 7.30. The van der Waals surface area contributed by atoms with Crippen LogP contribution in [-0.2, 0) is 0 Å². The van der Waals surface area contributed by atoms with Crippen LogP contribution in [0.5, 0.6) is 0 Å². The zero-order chi connectivity index (χ0) is 13.8. The summed E-state index contributed by atoms with van der Waals surface area (Å²) >= 11 is 0. The minimum Gasteiger partial charge on any atom is -0.512 e. The van der Waals surface area contributed by atoms with Gasteiger partial charge in [-0.15, -0.1) is 0 Å². The number of hydrogen-bond donors (Lipinski definition) is 1. The minimum atomic E-state index is 0.491. The van der Waals surface area contributed by atoms with E-state index in [-0.39, 0.29) is 0 Å². The largest absolute Gasteiger partial charge is 0.512 e. The third-order valence-corrected chi connectivity index (χ3v) is 4.43. The van der Waals surface area contributed by atoms with Crippen LogP contribution in [-0.4, -0.2) is 5.11 Å². The average Bonchev–Trinajstić information content (AvgIpc) is 2.46. The van der Waals surface area contributed by atoms with E-state index in [1.165, 1.54) is 23.1 Å². The molecular weight excluding hydrogens is 232 g/mol. The van der Waals surface area contributed by atoms with E-state index in [1.54, 1.807) is 0 Å². The summed E-state index contributed by atoms with van der Waals surface area (Å²) in [5, 5.41) is 9.40. The molecule has 0 aliphatic heterocycles. The van der Waals surface area contributed by atoms with E-state index in [1.807, 2.05) is 12.2 Å². The van der Waals surface area contributed by atoms with Crippen molar-refractivity contribution in [3.05, 3.63) is 53.3 Å². The number of benzene rings is 1. The van der Waals surface area contributed by atoms with E-state index < -0.39 is 0 Å². The third-order valence-electron chi connectivity index (χ3n) is 4.43. The maximum atomic E-state index is 9.40. The molecule has 0 aromatic heterocycles. The van der Waals surface area contributed by atoms with Gasteiger partial charge in [0.25, 0.3) is 0 Å². The summed E-state index contributed by atoms with van der Waals surface area (Å²) < 4.78 is 0. The number of rotatable bonds is 4. The molecule has 1 heteroatoms. The Balaban J connectivity index is 2.15. The van der Waals surface area contributed by atoms with Crippen molar-refractivity contribution in [1.29, 1.82) is 0 Å². The first kappa shape index (κ1) is 13.9. The second-order valence-electron chi connectivity index (χ2n) is 5.65. The van der Waals surface area contributed by atoms with Gasteiger partial charge in [0.1, 0.15) is 0 Å². The molecule has 0 fully saturated rings. The Bertz CT molecular complexity index is 479. The predicted molar refractivity (Wildman–Crippen MR) is 82.2 cm³/mol. The Morgan fingerprint density at radius 1 is 1.05 bits per heavy atom. The van der Waals surface area contributed by atoms with Gasteiger partial charge in [-0.3, -0.25) is 0 Å². The van der Waals surface area contributed by atoms with Crippen molar-refractivity contribution >= 4 is 5.57 Å². The van der Waals surface area contributed by atoms with E-state index in [0.717, 1.165) is 18.8 Å². The molecule has 1 nitrogen and oxygen atoms in total. The maximum Gasteiger partial charge on any atom is 0.0926 e. The molecule has 0 heterocycles. The second-order valence-corrected chi connectivity index (χ2v) is 5.65. The Labute approximate surface area is 116 Å². The normalized spacial score (nSPS) is 18.5. The third kappa shape index (κ3) is 3.28. The molecule has 19 heavy (non-hydrogen) atoms. The number of allylic oxidation sites excluding steroid dienone is 4. The van der Waals surface area contributed by atoms with Crippen LogP contribution in [0.25, 0.3) is 5.57 Å². The Hall–Kier alpha value is -1.50. The number of aliphatic hydroxyl groups is 1. The van der Waals surface area contributed by atoms with Crippen LogP contribution in [0.2, 0.25) is 0 Å². The van der Waals surface area contributed by atoms with Crippen molar-refractivity contribution in [2.45, 2.75) is 46.0 Å². The molecule has 1 aromatic rings. The molecule has 1 aliphatic carbocycles. The summed E-state index contributed by atoms with van der Waals surface area (Å²) in [5.74, 6) is 1.83. The summed E-state index contributed by atoms with van der Waals surface area (Å²) in [4.78, 5) is 0. The smallest absolute Gasteiger partial charge is 0.0926 e. The molecule has 0 saturated carbocycles. The molecule has 0 saturated heterocycles. The summed E-state index contributed by atoms with van der Waals surface area (Å²) in [6.07, 6.45) is 6.76. The van der Waals surface area contributed by atoms with E-state index in [4.69, 9.17) is 0 Å². The van der Waals surface area contributed by atoms with E-state index in [9.17, 15) is 5.11 Å². The summed E-state index contributed by atoms with van der Waals surface area (Å²) in [7, 11) is 0. The molecule has 1 N–H and O–H groups in total. The Morgan fingerprint density at radius 3 is 2.26 bits per heavy atom. The van der Waals surface area contributed by atoms with Crippen molar-refractivity contribution in [2.75, 3.05) is 0 Å². The average molecular weight is 256 g/mol. The van der Waals surface area contributed by atoms with Crippen LogP contribution in [0, 0.1) is 5.92 Å². The minimum absolute atomic E-state index is 0.491. The monoisotopic (exact) mass is 256 g/mol. The zero-order valence-corrected chi connectivity index (χ0v) is 12.2. The molecule has 0 amide bonds. The highest BCUT2D eigenvalue weighted by atomic mass is 16.3. The lowest BCUT2D eigenvalue weighted by molar-refractivity contribution is 0.388. The van der Waals surface area contributed by atoms with Crippen LogP contribution in [0.4, 0.5) is 0 Å². The number of hydrogen-bond acceptors (Lipinski definition) is 1. The molecule has 102 valence electrons. The van der Waals surface area contributed by atoms with Gasteiger partial charge in [0.05, 0.1) is 5.76 Å². The topological polar surface area (TPSA) is 20.2 Å². The highest BCUT2D eigenvalue weighted by molar-refractivity contribution is 5.68. The van der Waals surface area contributed by atoms with Crippen LogP contribution >= 0.6 is 0 Å². The molecule has 2 atom stereocenters. The first-order chi connectivity index (χ1) is 9.11. The van der Waals surface area contributed by atoms with Crippen LogP contribution < -0.4 is 0 Å². The van der Waals surface area contributed by atoms with Gasteiger partial charge in [-0.25, -0.2) is 0 Å². The summed E-state index contributed by atoms with van der Waals surface area (Å²) in [6, 6.07) is 8.95. The van der Waals surface area contributed by atoms with Gasteiger partial charge in [0.15, 0.2) is 0 Å². The lowest BCUT2D eigenvalue weighted by atomic mass is 9.86. The second kappa shape index (κ2) is 6.10. The van der Waals surface area contributed by atoms with Crippen molar-refractivity contribution in [3.63, 3.8) is 0 Å². The van der Waals surface area contributed by atoms with Crippen molar-refractivity contribution < 1.29 is 5.11 Å². The highest BCUT2D eigenvalue weighted by Gasteiger charge is 2.13. The van der Waals surface area contributed by atoms with Gasteiger partial charge in [0.2, 0.25) is 0 Å². The first-order valence-electron chi connectivity index (χ1n) is 7.30. The van der Waals surface area contributed by atoms with E-state index in [2.05, 4.69) is 45.0 Å². The SMILES string of the molecule is CCC(C)C(C)c1ccc(C2=CC=C(O)CC2)cc1. The van der Waals surface area contributed by atoms with E-state index in [0.29, 0.717) is 11.7 Å². The maximum absolute atomic E-state index is 9.40. The zero-order valence-electron chi connectivity index (χ0n) is 12.2. The van der Waals surface area contributed by atoms with Gasteiger partial charge in [-0.05, 0) is 41.0 Å². The molecule has 1 aliphatic rings. The van der Waals surface area contributed by atoms with Gasteiger partial charge >= 0.3 is 0 Å². The molecule has 2 rings (SSSR count). The summed E-state index contributed by atoms with van der Waals surface area (Å²) in [5.41, 5.74) is 4.03. The Kier molecular flexibility index (Phi) is 4.47. The lowest BCUT2D eigenvalue weighted by Gasteiger charge is -2.19. The van der Waals surface area contributed by atoms with Crippen molar-refractivity contribution in [2.24, 2.45) is 5.92 Å². The predicted octanol–water partition coefficient (Wildman–Crippen LogP) is 5.46. The van der Waals surface area contributed by atoms with Gasteiger partial charge in [-0.1, -0.05) is 57.5 Å². The van der Waals surface area contributed by atoms with Gasteiger partial charge < -0.3 is 5.11 Å². The molecule has 0 bridgehead atoms. The molecule has 0 radical (unpaired) electrons. The van der Waals surface area contributed by atoms with Crippen LogP contribution in [0.3, 0.4) is 0 Å². The van der Waals surface area contributed by atoms with Crippen LogP contribution in [0.1, 0.15) is 57.1 Å². The molecule has 1 aromatic carbocycles. The molecule has 2 unspecified atom stereocenters. The summed E-state index contributed by atoms with van der Waals surface area (Å²) in [6.45, 7) is 6.88.